The molecule has 5 nitrogen and oxygen atoms in total. The van der Waals surface area contributed by atoms with Crippen LogP contribution in [0.3, 0.4) is 0 Å². The molecule has 0 aliphatic rings. The molecule has 3 rings (SSSR count). The van der Waals surface area contributed by atoms with Crippen molar-refractivity contribution in [1.82, 2.24) is 4.98 Å². The van der Waals surface area contributed by atoms with Gasteiger partial charge in [0.25, 0.3) is 5.91 Å². The van der Waals surface area contributed by atoms with Crippen molar-refractivity contribution in [2.75, 3.05) is 12.4 Å². The number of ether oxygens (including phenoxy) is 2. The number of benzene rings is 2. The molecule has 0 bridgehead atoms. The standard InChI is InChI=1S/C17H14F2N2O3S/c1-9-4-3-5-13-14(9)20-17(25-13)21-15(22)10-6-7-11(24-16(18)19)12(8-10)23-2/h3-8,16H,1-2H3,(H,20,21,22). The van der Waals surface area contributed by atoms with Gasteiger partial charge in [-0.05, 0) is 36.8 Å². The third-order valence-electron chi connectivity index (χ3n) is 3.48. The Morgan fingerprint density at radius 2 is 2.04 bits per heavy atom. The van der Waals surface area contributed by atoms with Crippen molar-refractivity contribution in [1.29, 1.82) is 0 Å². The highest BCUT2D eigenvalue weighted by molar-refractivity contribution is 7.22. The second kappa shape index (κ2) is 7.02. The number of nitrogens with zero attached hydrogens (tertiary/aromatic N) is 1. The van der Waals surface area contributed by atoms with E-state index in [4.69, 9.17) is 4.74 Å². The fraction of sp³-hybridized carbons (Fsp3) is 0.176. The van der Waals surface area contributed by atoms with Crippen LogP contribution < -0.4 is 14.8 Å². The summed E-state index contributed by atoms with van der Waals surface area (Å²) in [6, 6.07) is 9.78. The highest BCUT2D eigenvalue weighted by atomic mass is 32.1. The Morgan fingerprint density at radius 1 is 1.24 bits per heavy atom. The van der Waals surface area contributed by atoms with Gasteiger partial charge in [-0.1, -0.05) is 23.5 Å². The van der Waals surface area contributed by atoms with Crippen LogP contribution in [0, 0.1) is 6.92 Å². The van der Waals surface area contributed by atoms with Crippen molar-refractivity contribution in [3.8, 4) is 11.5 Å². The van der Waals surface area contributed by atoms with E-state index in [1.807, 2.05) is 25.1 Å². The predicted molar refractivity (Wildman–Crippen MR) is 91.9 cm³/mol. The maximum atomic E-state index is 12.4. The number of halogens is 2. The lowest BCUT2D eigenvalue weighted by molar-refractivity contribution is -0.0512. The zero-order valence-corrected chi connectivity index (χ0v) is 14.2. The molecule has 0 fully saturated rings. The molecule has 0 saturated carbocycles. The number of para-hydroxylation sites is 1. The first kappa shape index (κ1) is 17.1. The van der Waals surface area contributed by atoms with Gasteiger partial charge in [-0.25, -0.2) is 4.98 Å². The number of anilines is 1. The normalized spacial score (nSPS) is 10.9. The van der Waals surface area contributed by atoms with E-state index < -0.39 is 12.5 Å². The van der Waals surface area contributed by atoms with Crippen molar-refractivity contribution in [3.63, 3.8) is 0 Å². The maximum absolute atomic E-state index is 12.4. The van der Waals surface area contributed by atoms with Crippen molar-refractivity contribution < 1.29 is 23.0 Å². The first-order valence-corrected chi connectivity index (χ1v) is 8.10. The lowest BCUT2D eigenvalue weighted by Crippen LogP contribution is -2.12. The van der Waals surface area contributed by atoms with Crippen molar-refractivity contribution >= 4 is 32.6 Å². The topological polar surface area (TPSA) is 60.5 Å². The first-order valence-electron chi connectivity index (χ1n) is 7.28. The SMILES string of the molecule is COc1cc(C(=O)Nc2nc3c(C)cccc3s2)ccc1OC(F)F. The monoisotopic (exact) mass is 364 g/mol. The van der Waals surface area contributed by atoms with Gasteiger partial charge in [0, 0.05) is 5.56 Å². The number of rotatable bonds is 5. The van der Waals surface area contributed by atoms with Crippen molar-refractivity contribution in [2.45, 2.75) is 13.5 Å². The summed E-state index contributed by atoms with van der Waals surface area (Å²) in [5.74, 6) is -0.503. The molecule has 0 spiro atoms. The Morgan fingerprint density at radius 3 is 2.72 bits per heavy atom. The van der Waals surface area contributed by atoms with Gasteiger partial charge in [-0.3, -0.25) is 10.1 Å². The summed E-state index contributed by atoms with van der Waals surface area (Å²) in [6.45, 7) is -1.03. The van der Waals surface area contributed by atoms with E-state index in [2.05, 4.69) is 15.0 Å². The minimum Gasteiger partial charge on any atom is -0.493 e. The molecule has 1 aromatic heterocycles. The average Bonchev–Trinajstić information content (AvgIpc) is 2.98. The summed E-state index contributed by atoms with van der Waals surface area (Å²) >= 11 is 1.36. The molecule has 2 aromatic carbocycles. The minimum atomic E-state index is -2.97. The number of fused-ring (bicyclic) bond motifs is 1. The molecule has 0 radical (unpaired) electrons. The second-order valence-corrected chi connectivity index (χ2v) is 6.17. The third-order valence-corrected chi connectivity index (χ3v) is 4.42. The quantitative estimate of drug-likeness (QED) is 0.726. The molecule has 1 heterocycles. The van der Waals surface area contributed by atoms with Crippen LogP contribution in [0.25, 0.3) is 10.2 Å². The molecule has 0 unspecified atom stereocenters. The maximum Gasteiger partial charge on any atom is 0.387 e. The molecular formula is C17H14F2N2O3S. The number of aryl methyl sites for hydroxylation is 1. The number of nitrogens with one attached hydrogen (secondary N) is 1. The van der Waals surface area contributed by atoms with E-state index in [-0.39, 0.29) is 17.1 Å². The van der Waals surface area contributed by atoms with Crippen LogP contribution in [-0.2, 0) is 0 Å². The molecule has 0 atom stereocenters. The van der Waals surface area contributed by atoms with Gasteiger partial charge in [0.15, 0.2) is 16.6 Å². The van der Waals surface area contributed by atoms with Crippen LogP contribution in [0.2, 0.25) is 0 Å². The number of aromatic nitrogens is 1. The Labute approximate surface area is 146 Å². The largest absolute Gasteiger partial charge is 0.493 e. The zero-order chi connectivity index (χ0) is 18.0. The van der Waals surface area contributed by atoms with Crippen LogP contribution in [0.4, 0.5) is 13.9 Å². The van der Waals surface area contributed by atoms with E-state index in [0.29, 0.717) is 5.13 Å². The number of hydrogen-bond donors (Lipinski definition) is 1. The summed E-state index contributed by atoms with van der Waals surface area (Å²) in [4.78, 5) is 16.8. The predicted octanol–water partition coefficient (Wildman–Crippen LogP) is 4.47. The molecule has 1 amide bonds. The summed E-state index contributed by atoms with van der Waals surface area (Å²) in [6.07, 6.45) is 0. The highest BCUT2D eigenvalue weighted by Crippen LogP contribution is 2.31. The number of carbonyl (C=O) groups is 1. The summed E-state index contributed by atoms with van der Waals surface area (Å²) in [5.41, 5.74) is 2.10. The lowest BCUT2D eigenvalue weighted by atomic mass is 10.2. The molecule has 0 aliphatic carbocycles. The number of hydrogen-bond acceptors (Lipinski definition) is 5. The van der Waals surface area contributed by atoms with Gasteiger partial charge in [0.2, 0.25) is 0 Å². The average molecular weight is 364 g/mol. The van der Waals surface area contributed by atoms with Crippen LogP contribution in [0.5, 0.6) is 11.5 Å². The van der Waals surface area contributed by atoms with Gasteiger partial charge in [-0.2, -0.15) is 8.78 Å². The minimum absolute atomic E-state index is 0.0492. The van der Waals surface area contributed by atoms with Crippen LogP contribution in [0.1, 0.15) is 15.9 Å². The zero-order valence-electron chi connectivity index (χ0n) is 13.4. The molecule has 8 heteroatoms. The molecule has 0 saturated heterocycles. The molecule has 0 aliphatic heterocycles. The van der Waals surface area contributed by atoms with Crippen LogP contribution in [-0.4, -0.2) is 24.6 Å². The summed E-state index contributed by atoms with van der Waals surface area (Å²) in [5, 5.41) is 3.17. The summed E-state index contributed by atoms with van der Waals surface area (Å²) in [7, 11) is 1.31. The van der Waals surface area contributed by atoms with E-state index in [0.717, 1.165) is 15.8 Å². The second-order valence-electron chi connectivity index (χ2n) is 5.14. The van der Waals surface area contributed by atoms with Gasteiger partial charge in [-0.15, -0.1) is 0 Å². The number of thiazole rings is 1. The van der Waals surface area contributed by atoms with E-state index >= 15 is 0 Å². The number of carbonyl (C=O) groups excluding carboxylic acids is 1. The van der Waals surface area contributed by atoms with Gasteiger partial charge in [0.1, 0.15) is 0 Å². The van der Waals surface area contributed by atoms with Crippen LogP contribution >= 0.6 is 11.3 Å². The smallest absolute Gasteiger partial charge is 0.387 e. The van der Waals surface area contributed by atoms with E-state index in [9.17, 15) is 13.6 Å². The fourth-order valence-corrected chi connectivity index (χ4v) is 3.25. The highest BCUT2D eigenvalue weighted by Gasteiger charge is 2.15. The molecule has 130 valence electrons. The fourth-order valence-electron chi connectivity index (χ4n) is 2.31. The van der Waals surface area contributed by atoms with Gasteiger partial charge in [0.05, 0.1) is 17.3 Å². The molecule has 1 N–H and O–H groups in total. The summed E-state index contributed by atoms with van der Waals surface area (Å²) < 4.78 is 35.0. The van der Waals surface area contributed by atoms with Crippen molar-refractivity contribution in [2.24, 2.45) is 0 Å². The Hall–Kier alpha value is -2.74. The Balaban J connectivity index is 1.83. The van der Waals surface area contributed by atoms with Crippen LogP contribution in [0.15, 0.2) is 36.4 Å². The molecular weight excluding hydrogens is 350 g/mol. The van der Waals surface area contributed by atoms with E-state index in [1.54, 1.807) is 0 Å². The number of amides is 1. The number of alkyl halides is 2. The molecule has 3 aromatic rings. The Bertz CT molecular complexity index is 927. The third kappa shape index (κ3) is 3.69. The van der Waals surface area contributed by atoms with Gasteiger partial charge >= 0.3 is 6.61 Å². The van der Waals surface area contributed by atoms with Crippen molar-refractivity contribution in [3.05, 3.63) is 47.5 Å². The lowest BCUT2D eigenvalue weighted by Gasteiger charge is -2.11. The molecule has 25 heavy (non-hydrogen) atoms. The van der Waals surface area contributed by atoms with E-state index in [1.165, 1.54) is 36.6 Å². The number of methoxy groups -OCH3 is 1. The Kier molecular flexibility index (Phi) is 4.80. The first-order chi connectivity index (χ1) is 12.0. The van der Waals surface area contributed by atoms with Gasteiger partial charge < -0.3 is 9.47 Å².